The van der Waals surface area contributed by atoms with E-state index in [-0.39, 0.29) is 5.92 Å². The Morgan fingerprint density at radius 3 is 2.62 bits per heavy atom. The van der Waals surface area contributed by atoms with Gasteiger partial charge in [-0.25, -0.2) is 4.98 Å². The third-order valence-electron chi connectivity index (χ3n) is 3.86. The van der Waals surface area contributed by atoms with Gasteiger partial charge in [-0.2, -0.15) is 10.1 Å². The van der Waals surface area contributed by atoms with Crippen LogP contribution in [0.15, 0.2) is 4.52 Å². The predicted octanol–water partition coefficient (Wildman–Crippen LogP) is 1.68. The number of hydrogen-bond acceptors (Lipinski definition) is 7. The monoisotopic (exact) mass is 288 g/mol. The van der Waals surface area contributed by atoms with Crippen molar-refractivity contribution in [1.82, 2.24) is 25.3 Å². The quantitative estimate of drug-likeness (QED) is 0.846. The molecule has 1 saturated heterocycles. The maximum absolute atomic E-state index is 5.27. The van der Waals surface area contributed by atoms with Gasteiger partial charge < -0.3 is 9.42 Å². The Balaban J connectivity index is 1.77. The Bertz CT molecular complexity index is 626. The van der Waals surface area contributed by atoms with Gasteiger partial charge in [-0.05, 0) is 26.2 Å². The van der Waals surface area contributed by atoms with Crippen LogP contribution in [0.2, 0.25) is 0 Å². The van der Waals surface area contributed by atoms with Gasteiger partial charge in [0.05, 0.1) is 17.3 Å². The highest BCUT2D eigenvalue weighted by molar-refractivity contribution is 5.33. The van der Waals surface area contributed by atoms with Crippen molar-refractivity contribution in [3.8, 4) is 0 Å². The summed E-state index contributed by atoms with van der Waals surface area (Å²) in [5.74, 6) is 2.36. The molecular formula is C14H20N6O. The van der Waals surface area contributed by atoms with Gasteiger partial charge in [-0.1, -0.05) is 19.0 Å². The molecule has 1 aliphatic rings. The van der Waals surface area contributed by atoms with Gasteiger partial charge in [0.1, 0.15) is 0 Å². The van der Waals surface area contributed by atoms with E-state index in [4.69, 9.17) is 4.52 Å². The summed E-state index contributed by atoms with van der Waals surface area (Å²) >= 11 is 0. The van der Waals surface area contributed by atoms with Gasteiger partial charge in [-0.3, -0.25) is 0 Å². The topological polar surface area (TPSA) is 80.8 Å². The molecule has 0 amide bonds. The van der Waals surface area contributed by atoms with Crippen LogP contribution >= 0.6 is 0 Å². The number of aromatic nitrogens is 5. The highest BCUT2D eigenvalue weighted by Crippen LogP contribution is 2.28. The molecule has 21 heavy (non-hydrogen) atoms. The van der Waals surface area contributed by atoms with Crippen molar-refractivity contribution in [2.75, 3.05) is 18.0 Å². The molecule has 2 aromatic rings. The highest BCUT2D eigenvalue weighted by atomic mass is 16.5. The van der Waals surface area contributed by atoms with E-state index in [0.29, 0.717) is 17.7 Å². The van der Waals surface area contributed by atoms with Gasteiger partial charge >= 0.3 is 0 Å². The summed E-state index contributed by atoms with van der Waals surface area (Å²) in [5.41, 5.74) is 2.03. The molecule has 7 nitrogen and oxygen atoms in total. The van der Waals surface area contributed by atoms with Crippen molar-refractivity contribution in [2.24, 2.45) is 0 Å². The molecular weight excluding hydrogens is 268 g/mol. The number of rotatable bonds is 4. The first kappa shape index (κ1) is 13.9. The van der Waals surface area contributed by atoms with E-state index < -0.39 is 0 Å². The van der Waals surface area contributed by atoms with E-state index >= 15 is 0 Å². The summed E-state index contributed by atoms with van der Waals surface area (Å²) in [7, 11) is 0. The third kappa shape index (κ3) is 2.72. The van der Waals surface area contributed by atoms with Crippen LogP contribution in [0.3, 0.4) is 0 Å². The molecule has 0 aliphatic carbocycles. The first-order valence-electron chi connectivity index (χ1n) is 7.48. The first-order chi connectivity index (χ1) is 10.2. The largest absolute Gasteiger partial charge is 0.339 e. The molecule has 1 fully saturated rings. The van der Waals surface area contributed by atoms with Crippen LogP contribution in [0.4, 0.5) is 5.95 Å². The van der Waals surface area contributed by atoms with Gasteiger partial charge in [0.25, 0.3) is 0 Å². The number of aryl methyl sites for hydroxylation is 3. The molecule has 0 saturated carbocycles. The van der Waals surface area contributed by atoms with E-state index in [9.17, 15) is 0 Å². The molecule has 1 atom stereocenters. The van der Waals surface area contributed by atoms with E-state index in [1.54, 1.807) is 0 Å². The maximum Gasteiger partial charge on any atom is 0.245 e. The molecule has 0 aromatic carbocycles. The van der Waals surface area contributed by atoms with Crippen LogP contribution in [0.1, 0.15) is 49.3 Å². The number of anilines is 1. The van der Waals surface area contributed by atoms with E-state index in [1.165, 1.54) is 0 Å². The fourth-order valence-electron chi connectivity index (χ4n) is 2.68. The number of nitrogens with zero attached hydrogens (tertiary/aromatic N) is 6. The smallest absolute Gasteiger partial charge is 0.245 e. The van der Waals surface area contributed by atoms with Crippen molar-refractivity contribution in [3.63, 3.8) is 0 Å². The lowest BCUT2D eigenvalue weighted by Crippen LogP contribution is -2.23. The molecule has 0 bridgehead atoms. The van der Waals surface area contributed by atoms with Gasteiger partial charge in [0.15, 0.2) is 5.82 Å². The second kappa shape index (κ2) is 5.75. The van der Waals surface area contributed by atoms with Crippen LogP contribution in [0, 0.1) is 6.92 Å². The molecule has 0 N–H and O–H groups in total. The van der Waals surface area contributed by atoms with Crippen LogP contribution < -0.4 is 4.90 Å². The Morgan fingerprint density at radius 1 is 1.14 bits per heavy atom. The van der Waals surface area contributed by atoms with Crippen molar-refractivity contribution < 1.29 is 4.52 Å². The molecule has 3 rings (SSSR count). The van der Waals surface area contributed by atoms with Crippen molar-refractivity contribution in [1.29, 1.82) is 0 Å². The zero-order valence-corrected chi connectivity index (χ0v) is 12.7. The second-order valence-corrected chi connectivity index (χ2v) is 5.32. The minimum absolute atomic E-state index is 0.255. The Labute approximate surface area is 123 Å². The van der Waals surface area contributed by atoms with Crippen LogP contribution in [0.5, 0.6) is 0 Å². The molecule has 3 heterocycles. The summed E-state index contributed by atoms with van der Waals surface area (Å²) in [6, 6.07) is 0. The average Bonchev–Trinajstić information content (AvgIpc) is 3.15. The molecule has 7 heteroatoms. The summed E-state index contributed by atoms with van der Waals surface area (Å²) in [6.07, 6.45) is 2.72. The van der Waals surface area contributed by atoms with E-state index in [0.717, 1.165) is 43.7 Å². The zero-order valence-electron chi connectivity index (χ0n) is 12.7. The van der Waals surface area contributed by atoms with E-state index in [1.807, 2.05) is 6.92 Å². The van der Waals surface area contributed by atoms with E-state index in [2.05, 4.69) is 44.1 Å². The maximum atomic E-state index is 5.27. The summed E-state index contributed by atoms with van der Waals surface area (Å²) in [4.78, 5) is 11.1. The zero-order chi connectivity index (χ0) is 14.8. The van der Waals surface area contributed by atoms with Crippen molar-refractivity contribution in [2.45, 2.75) is 46.0 Å². The summed E-state index contributed by atoms with van der Waals surface area (Å²) in [5, 5.41) is 12.4. The van der Waals surface area contributed by atoms with Crippen LogP contribution in [-0.4, -0.2) is 38.4 Å². The minimum Gasteiger partial charge on any atom is -0.339 e. The van der Waals surface area contributed by atoms with Crippen LogP contribution in [-0.2, 0) is 12.8 Å². The Kier molecular flexibility index (Phi) is 3.81. The normalized spacial score (nSPS) is 18.4. The Morgan fingerprint density at radius 2 is 1.95 bits per heavy atom. The van der Waals surface area contributed by atoms with Gasteiger partial charge in [-0.15, -0.1) is 5.10 Å². The number of hydrogen-bond donors (Lipinski definition) is 0. The summed E-state index contributed by atoms with van der Waals surface area (Å²) < 4.78 is 5.27. The van der Waals surface area contributed by atoms with Crippen molar-refractivity contribution >= 4 is 5.95 Å². The molecule has 112 valence electrons. The van der Waals surface area contributed by atoms with Crippen LogP contribution in [0.25, 0.3) is 0 Å². The van der Waals surface area contributed by atoms with Gasteiger partial charge in [0.2, 0.25) is 11.8 Å². The lowest BCUT2D eigenvalue weighted by Gasteiger charge is -2.16. The molecule has 0 radical (unpaired) electrons. The molecule has 1 aliphatic heterocycles. The predicted molar refractivity (Wildman–Crippen MR) is 77.2 cm³/mol. The average molecular weight is 288 g/mol. The summed E-state index contributed by atoms with van der Waals surface area (Å²) in [6.45, 7) is 7.71. The third-order valence-corrected chi connectivity index (χ3v) is 3.86. The standard InChI is InChI=1S/C14H20N6O/c1-4-11-12(5-2)17-18-14(16-11)20-7-6-10(8-20)13-15-9(3)19-21-13/h10H,4-8H2,1-3H3. The van der Waals surface area contributed by atoms with Crippen molar-refractivity contribution in [3.05, 3.63) is 23.1 Å². The minimum atomic E-state index is 0.255. The molecule has 2 aromatic heterocycles. The molecule has 1 unspecified atom stereocenters. The Hall–Kier alpha value is -2.05. The highest BCUT2D eigenvalue weighted by Gasteiger charge is 2.30. The first-order valence-corrected chi connectivity index (χ1v) is 7.48. The second-order valence-electron chi connectivity index (χ2n) is 5.32. The molecule has 0 spiro atoms. The lowest BCUT2D eigenvalue weighted by atomic mass is 10.1. The SMILES string of the molecule is CCc1nnc(N2CCC(c3nc(C)no3)C2)nc1CC. The fourth-order valence-corrected chi connectivity index (χ4v) is 2.68. The van der Waals surface area contributed by atoms with Gasteiger partial charge in [0, 0.05) is 13.1 Å². The fraction of sp³-hybridized carbons (Fsp3) is 0.643. The lowest BCUT2D eigenvalue weighted by molar-refractivity contribution is 0.356.